The van der Waals surface area contributed by atoms with Gasteiger partial charge < -0.3 is 14.0 Å². The van der Waals surface area contributed by atoms with E-state index in [0.717, 1.165) is 0 Å². The molecule has 23 heavy (non-hydrogen) atoms. The third kappa shape index (κ3) is 2.91. The third-order valence-electron chi connectivity index (χ3n) is 3.66. The molecule has 1 aliphatic heterocycles. The smallest absolute Gasteiger partial charge is 0.248 e. The van der Waals surface area contributed by atoms with Crippen LogP contribution in [0.15, 0.2) is 33.7 Å². The average Bonchev–Trinajstić information content (AvgIpc) is 2.86. The Kier molecular flexibility index (Phi) is 4.03. The van der Waals surface area contributed by atoms with Crippen molar-refractivity contribution in [3.63, 3.8) is 0 Å². The van der Waals surface area contributed by atoms with Crippen LogP contribution in [0.4, 0.5) is 0 Å². The lowest BCUT2D eigenvalue weighted by atomic mass is 10.2. The molecular weight excluding hydrogens is 320 g/mol. The highest BCUT2D eigenvalue weighted by molar-refractivity contribution is 7.89. The SMILES string of the molecule is Cc1noc(C)c1S(=O)(=O)N(C)C[C@H]1COc2ccccc2O1. The van der Waals surface area contributed by atoms with E-state index in [2.05, 4.69) is 5.16 Å². The molecule has 0 N–H and O–H groups in total. The summed E-state index contributed by atoms with van der Waals surface area (Å²) in [6.07, 6.45) is -0.384. The Morgan fingerprint density at radius 2 is 1.96 bits per heavy atom. The molecule has 2 aromatic rings. The standard InChI is InChI=1S/C15H18N2O5S/c1-10-15(11(2)22-16-10)23(18,19)17(3)8-12-9-20-13-6-4-5-7-14(13)21-12/h4-7,12H,8-9H2,1-3H3/t12-/m0/s1. The first-order chi connectivity index (χ1) is 10.9. The maximum absolute atomic E-state index is 12.7. The number of aromatic nitrogens is 1. The largest absolute Gasteiger partial charge is 0.486 e. The Labute approximate surface area is 134 Å². The van der Waals surface area contributed by atoms with Gasteiger partial charge in [-0.15, -0.1) is 0 Å². The number of rotatable bonds is 4. The molecule has 1 aromatic heterocycles. The summed E-state index contributed by atoms with van der Waals surface area (Å²) in [5.74, 6) is 1.56. The number of hydrogen-bond donors (Lipinski definition) is 0. The summed E-state index contributed by atoms with van der Waals surface area (Å²) in [4.78, 5) is 0.108. The highest BCUT2D eigenvalue weighted by Crippen LogP contribution is 2.31. The van der Waals surface area contributed by atoms with Crippen LogP contribution < -0.4 is 9.47 Å². The third-order valence-corrected chi connectivity index (χ3v) is 5.73. The molecule has 3 rings (SSSR count). The molecule has 0 fully saturated rings. The van der Waals surface area contributed by atoms with Crippen molar-refractivity contribution in [2.24, 2.45) is 0 Å². The van der Waals surface area contributed by atoms with Crippen molar-refractivity contribution in [2.75, 3.05) is 20.2 Å². The molecule has 0 saturated carbocycles. The van der Waals surface area contributed by atoms with Gasteiger partial charge in [0.05, 0.1) is 6.54 Å². The van der Waals surface area contributed by atoms with Gasteiger partial charge in [0.15, 0.2) is 17.3 Å². The van der Waals surface area contributed by atoms with E-state index in [-0.39, 0.29) is 23.3 Å². The molecule has 8 heteroatoms. The number of hydrogen-bond acceptors (Lipinski definition) is 6. The van der Waals surface area contributed by atoms with Crippen molar-refractivity contribution < 1.29 is 22.4 Å². The van der Waals surface area contributed by atoms with Crippen LogP contribution >= 0.6 is 0 Å². The molecule has 1 aromatic carbocycles. The van der Waals surface area contributed by atoms with Gasteiger partial charge in [-0.1, -0.05) is 17.3 Å². The monoisotopic (exact) mass is 338 g/mol. The maximum atomic E-state index is 12.7. The fourth-order valence-corrected chi connectivity index (χ4v) is 4.02. The quantitative estimate of drug-likeness (QED) is 0.845. The van der Waals surface area contributed by atoms with Crippen molar-refractivity contribution >= 4 is 10.0 Å². The zero-order chi connectivity index (χ0) is 16.6. The van der Waals surface area contributed by atoms with E-state index in [1.54, 1.807) is 19.9 Å². The van der Waals surface area contributed by atoms with Gasteiger partial charge in [0.25, 0.3) is 0 Å². The Bertz CT molecular complexity index is 796. The zero-order valence-electron chi connectivity index (χ0n) is 13.1. The second-order valence-electron chi connectivity index (χ2n) is 5.44. The van der Waals surface area contributed by atoms with Crippen LogP contribution in [0.25, 0.3) is 0 Å². The van der Waals surface area contributed by atoms with E-state index >= 15 is 0 Å². The summed E-state index contributed by atoms with van der Waals surface area (Å²) in [5, 5.41) is 3.70. The molecule has 0 saturated heterocycles. The molecule has 0 amide bonds. The predicted molar refractivity (Wildman–Crippen MR) is 82.1 cm³/mol. The Balaban J connectivity index is 1.76. The van der Waals surface area contributed by atoms with Crippen molar-refractivity contribution in [1.82, 2.24) is 9.46 Å². The first kappa shape index (κ1) is 15.8. The summed E-state index contributed by atoms with van der Waals surface area (Å²) in [6, 6.07) is 7.31. The van der Waals surface area contributed by atoms with Crippen LogP contribution in [0.2, 0.25) is 0 Å². The molecule has 7 nitrogen and oxygen atoms in total. The van der Waals surface area contributed by atoms with Crippen molar-refractivity contribution in [1.29, 1.82) is 0 Å². The van der Waals surface area contributed by atoms with Gasteiger partial charge in [-0.05, 0) is 26.0 Å². The topological polar surface area (TPSA) is 81.9 Å². The molecule has 0 aliphatic carbocycles. The van der Waals surface area contributed by atoms with E-state index in [0.29, 0.717) is 23.8 Å². The Hall–Kier alpha value is -2.06. The molecule has 0 radical (unpaired) electrons. The van der Waals surface area contributed by atoms with E-state index in [1.807, 2.05) is 18.2 Å². The van der Waals surface area contributed by atoms with Crippen molar-refractivity contribution in [2.45, 2.75) is 24.8 Å². The highest BCUT2D eigenvalue weighted by Gasteiger charge is 2.32. The number of para-hydroxylation sites is 2. The number of likely N-dealkylation sites (N-methyl/N-ethyl adjacent to an activating group) is 1. The highest BCUT2D eigenvalue weighted by atomic mass is 32.2. The number of nitrogens with zero attached hydrogens (tertiary/aromatic N) is 2. The van der Waals surface area contributed by atoms with Gasteiger partial charge >= 0.3 is 0 Å². The number of benzene rings is 1. The summed E-state index contributed by atoms with van der Waals surface area (Å²) in [6.45, 7) is 3.64. The lowest BCUT2D eigenvalue weighted by Crippen LogP contribution is -2.41. The summed E-state index contributed by atoms with van der Waals surface area (Å²) < 4.78 is 43.0. The molecule has 2 heterocycles. The van der Waals surface area contributed by atoms with E-state index in [1.165, 1.54) is 11.4 Å². The van der Waals surface area contributed by atoms with E-state index in [9.17, 15) is 8.42 Å². The van der Waals surface area contributed by atoms with Gasteiger partial charge in [-0.2, -0.15) is 4.31 Å². The first-order valence-corrected chi connectivity index (χ1v) is 8.61. The first-order valence-electron chi connectivity index (χ1n) is 7.17. The van der Waals surface area contributed by atoms with Crippen molar-refractivity contribution in [3.8, 4) is 11.5 Å². The number of ether oxygens (including phenoxy) is 2. The average molecular weight is 338 g/mol. The van der Waals surface area contributed by atoms with Gasteiger partial charge in [0.2, 0.25) is 10.0 Å². The number of aryl methyl sites for hydroxylation is 2. The summed E-state index contributed by atoms with van der Waals surface area (Å²) >= 11 is 0. The lowest BCUT2D eigenvalue weighted by molar-refractivity contribution is 0.0798. The fourth-order valence-electron chi connectivity index (χ4n) is 2.54. The second-order valence-corrected chi connectivity index (χ2v) is 7.42. The van der Waals surface area contributed by atoms with Crippen LogP contribution in [0.5, 0.6) is 11.5 Å². The molecule has 1 aliphatic rings. The second kappa shape index (κ2) is 5.86. The summed E-state index contributed by atoms with van der Waals surface area (Å²) in [7, 11) is -2.19. The van der Waals surface area contributed by atoms with Gasteiger partial charge in [-0.3, -0.25) is 0 Å². The maximum Gasteiger partial charge on any atom is 0.248 e. The molecule has 124 valence electrons. The lowest BCUT2D eigenvalue weighted by Gasteiger charge is -2.29. The minimum atomic E-state index is -3.69. The van der Waals surface area contributed by atoms with E-state index in [4.69, 9.17) is 14.0 Å². The van der Waals surface area contributed by atoms with Crippen LogP contribution in [0.3, 0.4) is 0 Å². The van der Waals surface area contributed by atoms with E-state index < -0.39 is 10.0 Å². The van der Waals surface area contributed by atoms with Crippen LogP contribution in [-0.2, 0) is 10.0 Å². The summed E-state index contributed by atoms with van der Waals surface area (Å²) in [5.41, 5.74) is 0.348. The van der Waals surface area contributed by atoms with Gasteiger partial charge in [0.1, 0.15) is 23.3 Å². The van der Waals surface area contributed by atoms with Crippen molar-refractivity contribution in [3.05, 3.63) is 35.7 Å². The number of fused-ring (bicyclic) bond motifs is 1. The molecule has 0 unspecified atom stereocenters. The van der Waals surface area contributed by atoms with Crippen LogP contribution in [-0.4, -0.2) is 44.2 Å². The normalized spacial score (nSPS) is 17.5. The van der Waals surface area contributed by atoms with Gasteiger partial charge in [0, 0.05) is 7.05 Å². The number of sulfonamides is 1. The minimum Gasteiger partial charge on any atom is -0.486 e. The fraction of sp³-hybridized carbons (Fsp3) is 0.400. The Morgan fingerprint density at radius 3 is 2.61 bits per heavy atom. The Morgan fingerprint density at radius 1 is 1.26 bits per heavy atom. The van der Waals surface area contributed by atoms with Gasteiger partial charge in [-0.25, -0.2) is 8.42 Å². The molecule has 0 bridgehead atoms. The van der Waals surface area contributed by atoms with Crippen LogP contribution in [0.1, 0.15) is 11.5 Å². The molecule has 0 spiro atoms. The molecule has 1 atom stereocenters. The van der Waals surface area contributed by atoms with Crippen LogP contribution in [0, 0.1) is 13.8 Å². The minimum absolute atomic E-state index is 0.108. The predicted octanol–water partition coefficient (Wildman–Crippen LogP) is 1.75. The molecular formula is C15H18N2O5S. The zero-order valence-corrected chi connectivity index (χ0v) is 14.0.